The van der Waals surface area contributed by atoms with Crippen LogP contribution in [-0.4, -0.2) is 43.0 Å². The fraction of sp³-hybridized carbons (Fsp3) is 0.409. The zero-order chi connectivity index (χ0) is 21.1. The quantitative estimate of drug-likeness (QED) is 0.566. The highest BCUT2D eigenvalue weighted by Gasteiger charge is 2.31. The molecule has 1 aliphatic rings. The molecule has 0 N–H and O–H groups in total. The molecule has 156 valence electrons. The van der Waals surface area contributed by atoms with Gasteiger partial charge < -0.3 is 9.32 Å². The lowest BCUT2D eigenvalue weighted by molar-refractivity contribution is -0.132. The lowest BCUT2D eigenvalue weighted by Gasteiger charge is -2.36. The number of aromatic nitrogens is 4. The summed E-state index contributed by atoms with van der Waals surface area (Å²) in [5, 5.41) is 0.544. The van der Waals surface area contributed by atoms with Gasteiger partial charge in [0.05, 0.1) is 23.2 Å². The Kier molecular flexibility index (Phi) is 6.13. The van der Waals surface area contributed by atoms with Gasteiger partial charge in [-0.05, 0) is 57.7 Å². The first-order valence-electron chi connectivity index (χ1n) is 10.1. The molecule has 0 spiro atoms. The number of pyridine rings is 1. The topological polar surface area (TPSA) is 85.0 Å². The number of carbonyl (C=O) groups excluding carboxylic acids is 1. The smallest absolute Gasteiger partial charge is 0.256 e. The zero-order valence-corrected chi connectivity index (χ0v) is 18.3. The number of piperidine rings is 1. The maximum atomic E-state index is 13.2. The van der Waals surface area contributed by atoms with Gasteiger partial charge in [0.2, 0.25) is 5.91 Å². The third kappa shape index (κ3) is 4.38. The summed E-state index contributed by atoms with van der Waals surface area (Å²) in [7, 11) is 0. The fourth-order valence-electron chi connectivity index (χ4n) is 3.72. The molecule has 0 aromatic carbocycles. The van der Waals surface area contributed by atoms with Crippen LogP contribution in [0.3, 0.4) is 0 Å². The SMILES string of the molecule is Cc1ncc(-c2ccncc2)c([C@@H]2CCCCN2C(=O)CSc2nc(C)c(C)o2)n1. The van der Waals surface area contributed by atoms with Gasteiger partial charge in [0.15, 0.2) is 0 Å². The van der Waals surface area contributed by atoms with Crippen molar-refractivity contribution >= 4 is 17.7 Å². The van der Waals surface area contributed by atoms with Gasteiger partial charge in [0, 0.05) is 30.7 Å². The second-order valence-electron chi connectivity index (χ2n) is 7.46. The first kappa shape index (κ1) is 20.5. The Morgan fingerprint density at radius 3 is 2.73 bits per heavy atom. The van der Waals surface area contributed by atoms with E-state index >= 15 is 0 Å². The first-order chi connectivity index (χ1) is 14.5. The summed E-state index contributed by atoms with van der Waals surface area (Å²) in [4.78, 5) is 32.8. The molecule has 4 heterocycles. The maximum Gasteiger partial charge on any atom is 0.256 e. The second kappa shape index (κ2) is 8.95. The van der Waals surface area contributed by atoms with E-state index in [0.29, 0.717) is 16.8 Å². The Morgan fingerprint density at radius 1 is 1.20 bits per heavy atom. The second-order valence-corrected chi connectivity index (χ2v) is 8.39. The van der Waals surface area contributed by atoms with Crippen molar-refractivity contribution in [1.29, 1.82) is 0 Å². The molecule has 1 saturated heterocycles. The van der Waals surface area contributed by atoms with Gasteiger partial charge in [-0.3, -0.25) is 9.78 Å². The van der Waals surface area contributed by atoms with E-state index in [-0.39, 0.29) is 11.9 Å². The van der Waals surface area contributed by atoms with E-state index in [4.69, 9.17) is 9.40 Å². The fourth-order valence-corrected chi connectivity index (χ4v) is 4.52. The monoisotopic (exact) mass is 423 g/mol. The number of carbonyl (C=O) groups is 1. The molecule has 1 amide bonds. The van der Waals surface area contributed by atoms with Crippen molar-refractivity contribution in [3.8, 4) is 11.1 Å². The number of amides is 1. The average Bonchev–Trinajstić information content (AvgIpc) is 3.10. The molecule has 1 atom stereocenters. The van der Waals surface area contributed by atoms with Crippen LogP contribution in [0.25, 0.3) is 11.1 Å². The highest BCUT2D eigenvalue weighted by atomic mass is 32.2. The molecule has 1 fully saturated rings. The Bertz CT molecular complexity index is 1020. The van der Waals surface area contributed by atoms with Gasteiger partial charge >= 0.3 is 0 Å². The van der Waals surface area contributed by atoms with Crippen LogP contribution in [0.2, 0.25) is 0 Å². The van der Waals surface area contributed by atoms with Crippen LogP contribution in [0.5, 0.6) is 0 Å². The molecule has 4 rings (SSSR count). The summed E-state index contributed by atoms with van der Waals surface area (Å²) in [6, 6.07) is 3.84. The summed E-state index contributed by atoms with van der Waals surface area (Å²) in [5.74, 6) is 1.88. The largest absolute Gasteiger partial charge is 0.437 e. The minimum absolute atomic E-state index is 0.0650. The summed E-state index contributed by atoms with van der Waals surface area (Å²) >= 11 is 1.35. The first-order valence-corrected chi connectivity index (χ1v) is 11.1. The number of oxazole rings is 1. The van der Waals surface area contributed by atoms with Gasteiger partial charge in [-0.25, -0.2) is 15.0 Å². The third-order valence-electron chi connectivity index (χ3n) is 5.40. The van der Waals surface area contributed by atoms with Crippen molar-refractivity contribution in [2.45, 2.75) is 51.3 Å². The number of thioether (sulfide) groups is 1. The van der Waals surface area contributed by atoms with E-state index in [2.05, 4.69) is 15.0 Å². The van der Waals surface area contributed by atoms with Crippen LogP contribution >= 0.6 is 11.8 Å². The highest BCUT2D eigenvalue weighted by molar-refractivity contribution is 7.99. The van der Waals surface area contributed by atoms with Crippen LogP contribution in [0.15, 0.2) is 40.4 Å². The minimum atomic E-state index is -0.0650. The Morgan fingerprint density at radius 2 is 2.00 bits per heavy atom. The van der Waals surface area contributed by atoms with E-state index in [9.17, 15) is 4.79 Å². The standard InChI is InChI=1S/C22H25N5O2S/c1-14-15(2)29-22(25-14)30-13-20(28)27-11-5-4-6-19(27)21-18(12-24-16(3)26-21)17-7-9-23-10-8-17/h7-10,12,19H,4-6,11,13H2,1-3H3/t19-/m0/s1. The molecule has 0 aliphatic carbocycles. The zero-order valence-electron chi connectivity index (χ0n) is 17.5. The Hall–Kier alpha value is -2.74. The van der Waals surface area contributed by atoms with Crippen LogP contribution in [0, 0.1) is 20.8 Å². The van der Waals surface area contributed by atoms with Gasteiger partial charge in [-0.2, -0.15) is 0 Å². The van der Waals surface area contributed by atoms with Crippen molar-refractivity contribution in [1.82, 2.24) is 24.8 Å². The predicted octanol–water partition coefficient (Wildman–Crippen LogP) is 4.30. The lowest BCUT2D eigenvalue weighted by atomic mass is 9.94. The van der Waals surface area contributed by atoms with E-state index in [1.54, 1.807) is 12.4 Å². The number of rotatable bonds is 5. The normalized spacial score (nSPS) is 16.6. The maximum absolute atomic E-state index is 13.2. The van der Waals surface area contributed by atoms with Crippen molar-refractivity contribution in [2.75, 3.05) is 12.3 Å². The summed E-state index contributed by atoms with van der Waals surface area (Å²) in [5.41, 5.74) is 3.74. The molecule has 3 aromatic rings. The number of nitrogens with zero attached hydrogens (tertiary/aromatic N) is 5. The van der Waals surface area contributed by atoms with Crippen molar-refractivity contribution < 1.29 is 9.21 Å². The third-order valence-corrected chi connectivity index (χ3v) is 6.21. The van der Waals surface area contributed by atoms with Crippen molar-refractivity contribution in [3.05, 3.63) is 53.7 Å². The van der Waals surface area contributed by atoms with Gasteiger partial charge in [0.1, 0.15) is 11.6 Å². The van der Waals surface area contributed by atoms with Crippen LogP contribution < -0.4 is 0 Å². The van der Waals surface area contributed by atoms with Crippen molar-refractivity contribution in [2.24, 2.45) is 0 Å². The van der Waals surface area contributed by atoms with Gasteiger partial charge in [-0.15, -0.1) is 0 Å². The Balaban J connectivity index is 1.59. The number of hydrogen-bond acceptors (Lipinski definition) is 7. The summed E-state index contributed by atoms with van der Waals surface area (Å²) in [6.07, 6.45) is 8.34. The van der Waals surface area contributed by atoms with Crippen LogP contribution in [-0.2, 0) is 4.79 Å². The molecule has 0 unspecified atom stereocenters. The number of likely N-dealkylation sites (tertiary alicyclic amines) is 1. The minimum Gasteiger partial charge on any atom is -0.437 e. The van der Waals surface area contributed by atoms with Crippen molar-refractivity contribution in [3.63, 3.8) is 0 Å². The molecule has 0 bridgehead atoms. The van der Waals surface area contributed by atoms with Crippen LogP contribution in [0.1, 0.15) is 48.3 Å². The Labute approximate surface area is 180 Å². The van der Waals surface area contributed by atoms with E-state index in [1.807, 2.05) is 44.0 Å². The molecular formula is C22H25N5O2S. The predicted molar refractivity (Wildman–Crippen MR) is 115 cm³/mol. The van der Waals surface area contributed by atoms with E-state index in [1.165, 1.54) is 11.8 Å². The molecule has 30 heavy (non-hydrogen) atoms. The average molecular weight is 424 g/mol. The molecule has 0 saturated carbocycles. The number of aryl methyl sites for hydroxylation is 3. The van der Waals surface area contributed by atoms with Gasteiger partial charge in [0.25, 0.3) is 5.22 Å². The molecule has 0 radical (unpaired) electrons. The molecule has 3 aromatic heterocycles. The van der Waals surface area contributed by atoms with E-state index in [0.717, 1.165) is 54.1 Å². The van der Waals surface area contributed by atoms with E-state index < -0.39 is 0 Å². The molecule has 8 heteroatoms. The summed E-state index contributed by atoms with van der Waals surface area (Å²) in [6.45, 7) is 6.40. The van der Waals surface area contributed by atoms with Gasteiger partial charge in [-0.1, -0.05) is 11.8 Å². The number of hydrogen-bond donors (Lipinski definition) is 0. The summed E-state index contributed by atoms with van der Waals surface area (Å²) < 4.78 is 5.61. The molecular weight excluding hydrogens is 398 g/mol. The molecule has 1 aliphatic heterocycles. The van der Waals surface area contributed by atoms with Crippen LogP contribution in [0.4, 0.5) is 0 Å². The lowest BCUT2D eigenvalue weighted by Crippen LogP contribution is -2.40. The molecule has 7 nitrogen and oxygen atoms in total. The highest BCUT2D eigenvalue weighted by Crippen LogP contribution is 2.36.